The lowest BCUT2D eigenvalue weighted by Crippen LogP contribution is -2.09. The number of ether oxygens (including phenoxy) is 1. The number of azide groups is 1. The molecule has 0 aliphatic heterocycles. The summed E-state index contributed by atoms with van der Waals surface area (Å²) in [6, 6.07) is 31.3. The number of hydrogen-bond donors (Lipinski definition) is 0. The van der Waals surface area contributed by atoms with Crippen LogP contribution in [0.25, 0.3) is 21.3 Å². The van der Waals surface area contributed by atoms with Gasteiger partial charge in [0.2, 0.25) is 0 Å². The highest BCUT2D eigenvalue weighted by atomic mass is 31.2. The third-order valence-electron chi connectivity index (χ3n) is 6.97. The number of fused-ring (bicyclic) bond motifs is 2. The molecule has 1 heterocycles. The van der Waals surface area contributed by atoms with Gasteiger partial charge in [0.15, 0.2) is 0 Å². The van der Waals surface area contributed by atoms with Gasteiger partial charge in [-0.25, -0.2) is 8.90 Å². The highest BCUT2D eigenvalue weighted by molar-refractivity contribution is 7.53. The maximum absolute atomic E-state index is 14.8. The fourth-order valence-corrected chi connectivity index (χ4v) is 6.92. The van der Waals surface area contributed by atoms with Crippen molar-refractivity contribution in [3.8, 4) is 17.2 Å². The summed E-state index contributed by atoms with van der Waals surface area (Å²) in [7, 11) is -2.45. The van der Waals surface area contributed by atoms with Crippen LogP contribution in [-0.4, -0.2) is 11.4 Å². The van der Waals surface area contributed by atoms with Crippen LogP contribution >= 0.6 is 7.75 Å². The Morgan fingerprint density at radius 2 is 1.44 bits per heavy atom. The van der Waals surface area contributed by atoms with Crippen molar-refractivity contribution in [2.75, 3.05) is 7.11 Å². The second-order valence-corrected chi connectivity index (χ2v) is 11.0. The van der Waals surface area contributed by atoms with Crippen LogP contribution in [0.1, 0.15) is 35.1 Å². The maximum atomic E-state index is 14.8. The minimum atomic E-state index is -4.04. The predicted molar refractivity (Wildman–Crippen MR) is 150 cm³/mol. The summed E-state index contributed by atoms with van der Waals surface area (Å²) >= 11 is 0. The van der Waals surface area contributed by atoms with Gasteiger partial charge in [-0.2, -0.15) is 0 Å². The quantitative estimate of drug-likeness (QED) is 0.0857. The van der Waals surface area contributed by atoms with Gasteiger partial charge in [0.1, 0.15) is 17.2 Å². The molecule has 0 saturated carbocycles. The number of para-hydroxylation sites is 2. The van der Waals surface area contributed by atoms with Crippen LogP contribution in [-0.2, 0) is 4.57 Å². The molecule has 0 N–H and O–H groups in total. The second kappa shape index (κ2) is 10.3. The van der Waals surface area contributed by atoms with E-state index in [4.69, 9.17) is 13.8 Å². The van der Waals surface area contributed by atoms with Crippen molar-refractivity contribution in [2.24, 2.45) is 5.11 Å². The Balaban J connectivity index is 1.56. The van der Waals surface area contributed by atoms with Crippen molar-refractivity contribution in [1.29, 1.82) is 0 Å². The molecule has 4 aromatic carbocycles. The van der Waals surface area contributed by atoms with Gasteiger partial charge in [-0.1, -0.05) is 65.8 Å². The lowest BCUT2D eigenvalue weighted by atomic mass is 9.92. The van der Waals surface area contributed by atoms with Gasteiger partial charge in [-0.3, -0.25) is 0 Å². The molecule has 39 heavy (non-hydrogen) atoms. The SMILES string of the molecule is COc1ccc2c(C3CC(N=[N+]=[N-])c4ccccc43)cn(P(=O)(Oc3ccccc3)Oc3ccccc3)c2c1. The fraction of sp³-hybridized carbons (Fsp3) is 0.133. The van der Waals surface area contributed by atoms with Gasteiger partial charge in [0.25, 0.3) is 0 Å². The van der Waals surface area contributed by atoms with Gasteiger partial charge in [-0.05, 0) is 65.0 Å². The molecule has 0 bridgehead atoms. The number of benzene rings is 4. The number of hydrogen-bond acceptors (Lipinski definition) is 5. The van der Waals surface area contributed by atoms with Crippen LogP contribution in [0.5, 0.6) is 17.2 Å². The molecular weight excluding hydrogens is 511 g/mol. The summed E-state index contributed by atoms with van der Waals surface area (Å²) in [5, 5.41) is 4.95. The minimum Gasteiger partial charge on any atom is -0.497 e. The molecule has 2 atom stereocenters. The largest absolute Gasteiger partial charge is 0.548 e. The van der Waals surface area contributed by atoms with Crippen molar-refractivity contribution in [2.45, 2.75) is 18.4 Å². The molecule has 0 amide bonds. The van der Waals surface area contributed by atoms with Gasteiger partial charge >= 0.3 is 7.75 Å². The summed E-state index contributed by atoms with van der Waals surface area (Å²) in [5.74, 6) is 1.35. The molecule has 1 aliphatic rings. The first-order valence-electron chi connectivity index (χ1n) is 12.5. The van der Waals surface area contributed by atoms with E-state index in [1.54, 1.807) is 35.7 Å². The van der Waals surface area contributed by atoms with E-state index in [0.29, 0.717) is 29.2 Å². The van der Waals surface area contributed by atoms with E-state index in [9.17, 15) is 10.1 Å². The normalized spacial score (nSPS) is 16.3. The molecule has 0 radical (unpaired) electrons. The first kappa shape index (κ1) is 24.7. The number of methoxy groups -OCH3 is 1. The van der Waals surface area contributed by atoms with E-state index >= 15 is 0 Å². The first-order valence-corrected chi connectivity index (χ1v) is 14.0. The van der Waals surface area contributed by atoms with Crippen molar-refractivity contribution >= 4 is 18.6 Å². The third-order valence-corrected chi connectivity index (χ3v) is 8.71. The molecule has 8 nitrogen and oxygen atoms in total. The van der Waals surface area contributed by atoms with Gasteiger partial charge in [0, 0.05) is 28.5 Å². The summed E-state index contributed by atoms with van der Waals surface area (Å²) in [5.41, 5.74) is 12.9. The Morgan fingerprint density at radius 3 is 2.05 bits per heavy atom. The summed E-state index contributed by atoms with van der Waals surface area (Å²) in [6.07, 6.45) is 2.44. The van der Waals surface area contributed by atoms with Crippen molar-refractivity contribution in [3.63, 3.8) is 0 Å². The maximum Gasteiger partial charge on any atom is 0.548 e. The minimum absolute atomic E-state index is 0.0873. The molecule has 2 unspecified atom stereocenters. The first-order chi connectivity index (χ1) is 19.1. The zero-order chi connectivity index (χ0) is 26.8. The van der Waals surface area contributed by atoms with Gasteiger partial charge in [-0.15, -0.1) is 0 Å². The predicted octanol–water partition coefficient (Wildman–Crippen LogP) is 8.65. The zero-order valence-electron chi connectivity index (χ0n) is 21.1. The van der Waals surface area contributed by atoms with Crippen molar-refractivity contribution in [3.05, 3.63) is 136 Å². The molecule has 194 valence electrons. The van der Waals surface area contributed by atoms with E-state index in [0.717, 1.165) is 22.1 Å². The topological polar surface area (TPSA) is 98.5 Å². The van der Waals surface area contributed by atoms with Crippen LogP contribution in [0.4, 0.5) is 0 Å². The number of rotatable bonds is 8. The van der Waals surface area contributed by atoms with Crippen LogP contribution in [0.2, 0.25) is 0 Å². The van der Waals surface area contributed by atoms with Crippen LogP contribution in [0, 0.1) is 0 Å². The third kappa shape index (κ3) is 4.61. The second-order valence-electron chi connectivity index (χ2n) is 9.23. The Bertz CT molecular complexity index is 1690. The van der Waals surface area contributed by atoms with Gasteiger partial charge < -0.3 is 13.8 Å². The highest BCUT2D eigenvalue weighted by Gasteiger charge is 2.38. The fourth-order valence-electron chi connectivity index (χ4n) is 5.23. The number of aromatic nitrogens is 1. The van der Waals surface area contributed by atoms with E-state index in [1.165, 1.54) is 0 Å². The highest BCUT2D eigenvalue weighted by Crippen LogP contribution is 2.55. The molecule has 5 aromatic rings. The van der Waals surface area contributed by atoms with E-state index in [1.807, 2.05) is 79.0 Å². The van der Waals surface area contributed by atoms with Crippen LogP contribution < -0.4 is 13.8 Å². The Kier molecular flexibility index (Phi) is 6.49. The Hall–Kier alpha value is -4.64. The van der Waals surface area contributed by atoms with Crippen molar-refractivity contribution in [1.82, 2.24) is 4.34 Å². The molecular formula is C30H25N4O4P. The van der Waals surface area contributed by atoms with Gasteiger partial charge in [0.05, 0.1) is 18.7 Å². The monoisotopic (exact) mass is 536 g/mol. The zero-order valence-corrected chi connectivity index (χ0v) is 22.0. The van der Waals surface area contributed by atoms with E-state index < -0.39 is 7.75 Å². The average molecular weight is 537 g/mol. The summed E-state index contributed by atoms with van der Waals surface area (Å²) < 4.78 is 34.3. The molecule has 1 aromatic heterocycles. The van der Waals surface area contributed by atoms with Crippen LogP contribution in [0.15, 0.2) is 114 Å². The van der Waals surface area contributed by atoms with Crippen molar-refractivity contribution < 1.29 is 18.3 Å². The Morgan fingerprint density at radius 1 is 0.821 bits per heavy atom. The summed E-state index contributed by atoms with van der Waals surface area (Å²) in [6.45, 7) is 0. The smallest absolute Gasteiger partial charge is 0.497 e. The lowest BCUT2D eigenvalue weighted by Gasteiger charge is -2.21. The standard InChI is InChI=1S/C30H25N4O4P/c1-36-23-16-17-26-28(27-19-29(32-33-31)25-15-9-8-14-24(25)27)20-34(30(26)18-23)39(35,37-21-10-4-2-5-11-21)38-22-12-6-3-7-13-22/h2-18,20,27,29H,19H2,1H3. The van der Waals surface area contributed by atoms with Crippen LogP contribution in [0.3, 0.4) is 0 Å². The molecule has 6 rings (SSSR count). The Labute approximate surface area is 225 Å². The van der Waals surface area contributed by atoms with E-state index in [2.05, 4.69) is 16.1 Å². The number of nitrogens with zero attached hydrogens (tertiary/aromatic N) is 4. The molecule has 1 aliphatic carbocycles. The lowest BCUT2D eigenvalue weighted by molar-refractivity contribution is 0.376. The molecule has 0 fully saturated rings. The summed E-state index contributed by atoms with van der Waals surface area (Å²) in [4.78, 5) is 3.09. The molecule has 9 heteroatoms. The van der Waals surface area contributed by atoms with E-state index in [-0.39, 0.29) is 12.0 Å². The molecule has 0 saturated heterocycles. The average Bonchev–Trinajstić information content (AvgIpc) is 3.53. The molecule has 0 spiro atoms.